The Kier molecular flexibility index (Phi) is 4.46. The van der Waals surface area contributed by atoms with Crippen molar-refractivity contribution in [3.63, 3.8) is 0 Å². The van der Waals surface area contributed by atoms with Crippen LogP contribution in [0.3, 0.4) is 0 Å². The molecule has 0 aliphatic heterocycles. The van der Waals surface area contributed by atoms with E-state index < -0.39 is 0 Å². The summed E-state index contributed by atoms with van der Waals surface area (Å²) in [5, 5.41) is 8.86. The number of hydrogen-bond acceptors (Lipinski definition) is 2. The van der Waals surface area contributed by atoms with E-state index in [4.69, 9.17) is 5.11 Å². The fraction of sp³-hybridized carbons (Fsp3) is 0.444. The molecule has 0 bridgehead atoms. The summed E-state index contributed by atoms with van der Waals surface area (Å²) in [6.07, 6.45) is 1.84. The minimum absolute atomic E-state index is 0.0300. The van der Waals surface area contributed by atoms with E-state index in [1.54, 1.807) is 7.05 Å². The number of aliphatic imine (C=N–C) groups is 1. The molecular formula is C9H15NO. The van der Waals surface area contributed by atoms with Gasteiger partial charge in [0.1, 0.15) is 0 Å². The maximum Gasteiger partial charge on any atom is 0.0684 e. The van der Waals surface area contributed by atoms with Gasteiger partial charge < -0.3 is 5.11 Å². The Balaban J connectivity index is 4.49. The van der Waals surface area contributed by atoms with E-state index >= 15 is 0 Å². The van der Waals surface area contributed by atoms with Gasteiger partial charge in [-0.1, -0.05) is 12.2 Å². The van der Waals surface area contributed by atoms with Crippen LogP contribution < -0.4 is 0 Å². The van der Waals surface area contributed by atoms with Gasteiger partial charge in [-0.2, -0.15) is 0 Å². The summed E-state index contributed by atoms with van der Waals surface area (Å²) in [5.74, 6) is 0. The Morgan fingerprint density at radius 3 is 2.36 bits per heavy atom. The molecule has 0 rings (SSSR count). The monoisotopic (exact) mass is 153 g/mol. The van der Waals surface area contributed by atoms with Crippen LogP contribution in [0.15, 0.2) is 28.8 Å². The summed E-state index contributed by atoms with van der Waals surface area (Å²) in [7, 11) is 1.72. The van der Waals surface area contributed by atoms with Crippen molar-refractivity contribution >= 4 is 5.71 Å². The second kappa shape index (κ2) is 4.85. The molecule has 0 unspecified atom stereocenters. The Labute approximate surface area is 68.0 Å². The van der Waals surface area contributed by atoms with E-state index in [-0.39, 0.29) is 6.61 Å². The highest BCUT2D eigenvalue weighted by atomic mass is 16.3. The van der Waals surface area contributed by atoms with Gasteiger partial charge in [-0.3, -0.25) is 4.99 Å². The lowest BCUT2D eigenvalue weighted by Crippen LogP contribution is -1.95. The van der Waals surface area contributed by atoms with Crippen molar-refractivity contribution in [2.24, 2.45) is 4.99 Å². The molecule has 0 saturated carbocycles. The minimum Gasteiger partial charge on any atom is -0.392 e. The van der Waals surface area contributed by atoms with Crippen LogP contribution in [0.5, 0.6) is 0 Å². The standard InChI is InChI=1S/C9H15NO/c1-7(2)9(6-11)5-8(3)10-4/h5,11H,1,6H2,2-4H3/b9-5-,10-8?. The van der Waals surface area contributed by atoms with Gasteiger partial charge in [-0.05, 0) is 25.5 Å². The molecule has 0 aromatic rings. The van der Waals surface area contributed by atoms with E-state index in [2.05, 4.69) is 11.6 Å². The zero-order chi connectivity index (χ0) is 8.85. The zero-order valence-electron chi connectivity index (χ0n) is 7.39. The van der Waals surface area contributed by atoms with Crippen LogP contribution in [-0.4, -0.2) is 24.5 Å². The molecule has 62 valence electrons. The number of hydrogen-bond donors (Lipinski definition) is 1. The predicted molar refractivity (Wildman–Crippen MR) is 49.0 cm³/mol. The summed E-state index contributed by atoms with van der Waals surface area (Å²) in [4.78, 5) is 3.95. The smallest absolute Gasteiger partial charge is 0.0684 e. The van der Waals surface area contributed by atoms with E-state index in [9.17, 15) is 0 Å². The van der Waals surface area contributed by atoms with Gasteiger partial charge in [0.25, 0.3) is 0 Å². The van der Waals surface area contributed by atoms with Gasteiger partial charge in [0.2, 0.25) is 0 Å². The van der Waals surface area contributed by atoms with Gasteiger partial charge in [0.05, 0.1) is 6.61 Å². The number of nitrogens with zero attached hydrogens (tertiary/aromatic N) is 1. The molecule has 0 heterocycles. The second-order valence-electron chi connectivity index (χ2n) is 2.47. The van der Waals surface area contributed by atoms with Gasteiger partial charge >= 0.3 is 0 Å². The first kappa shape index (κ1) is 10.1. The topological polar surface area (TPSA) is 32.6 Å². The molecule has 0 saturated heterocycles. The van der Waals surface area contributed by atoms with Crippen LogP contribution in [0.2, 0.25) is 0 Å². The Morgan fingerprint density at radius 2 is 2.09 bits per heavy atom. The van der Waals surface area contributed by atoms with Crippen LogP contribution >= 0.6 is 0 Å². The van der Waals surface area contributed by atoms with Gasteiger partial charge in [0, 0.05) is 12.8 Å². The molecule has 0 aromatic heterocycles. The fourth-order valence-corrected chi connectivity index (χ4v) is 0.621. The lowest BCUT2D eigenvalue weighted by molar-refractivity contribution is 0.333. The van der Waals surface area contributed by atoms with Crippen molar-refractivity contribution in [1.82, 2.24) is 0 Å². The molecule has 11 heavy (non-hydrogen) atoms. The third-order valence-electron chi connectivity index (χ3n) is 1.45. The number of aliphatic hydroxyl groups is 1. The first-order valence-electron chi connectivity index (χ1n) is 3.52. The summed E-state index contributed by atoms with van der Waals surface area (Å²) < 4.78 is 0. The van der Waals surface area contributed by atoms with Gasteiger partial charge in [-0.15, -0.1) is 0 Å². The predicted octanol–water partition coefficient (Wildman–Crippen LogP) is 1.57. The number of aliphatic hydroxyl groups excluding tert-OH is 1. The number of rotatable bonds is 3. The Morgan fingerprint density at radius 1 is 1.55 bits per heavy atom. The summed E-state index contributed by atoms with van der Waals surface area (Å²) in [6.45, 7) is 7.51. The highest BCUT2D eigenvalue weighted by Gasteiger charge is 1.95. The average molecular weight is 153 g/mol. The molecule has 0 fully saturated rings. The summed E-state index contributed by atoms with van der Waals surface area (Å²) in [6, 6.07) is 0. The van der Waals surface area contributed by atoms with Crippen molar-refractivity contribution < 1.29 is 5.11 Å². The molecule has 2 heteroatoms. The van der Waals surface area contributed by atoms with Crippen LogP contribution in [0.1, 0.15) is 13.8 Å². The molecule has 1 N–H and O–H groups in total. The maximum atomic E-state index is 8.86. The minimum atomic E-state index is 0.0300. The average Bonchev–Trinajstić information content (AvgIpc) is 1.99. The molecule has 0 aliphatic carbocycles. The van der Waals surface area contributed by atoms with Crippen molar-refractivity contribution in [2.45, 2.75) is 13.8 Å². The maximum absolute atomic E-state index is 8.86. The first-order valence-corrected chi connectivity index (χ1v) is 3.52. The molecule has 0 radical (unpaired) electrons. The van der Waals surface area contributed by atoms with Crippen molar-refractivity contribution in [3.8, 4) is 0 Å². The third-order valence-corrected chi connectivity index (χ3v) is 1.45. The normalized spacial score (nSPS) is 13.5. The Bertz CT molecular complexity index is 202. The van der Waals surface area contributed by atoms with Crippen molar-refractivity contribution in [3.05, 3.63) is 23.8 Å². The highest BCUT2D eigenvalue weighted by Crippen LogP contribution is 2.05. The lowest BCUT2D eigenvalue weighted by atomic mass is 10.1. The summed E-state index contributed by atoms with van der Waals surface area (Å²) >= 11 is 0. The molecule has 0 spiro atoms. The molecular weight excluding hydrogens is 138 g/mol. The molecule has 0 amide bonds. The van der Waals surface area contributed by atoms with Gasteiger partial charge in [0.15, 0.2) is 0 Å². The molecule has 0 aliphatic rings. The highest BCUT2D eigenvalue weighted by molar-refractivity contribution is 5.93. The van der Waals surface area contributed by atoms with E-state index in [1.807, 2.05) is 19.9 Å². The zero-order valence-corrected chi connectivity index (χ0v) is 7.39. The molecule has 0 aromatic carbocycles. The summed E-state index contributed by atoms with van der Waals surface area (Å²) in [5.41, 5.74) is 2.63. The first-order chi connectivity index (χ1) is 5.11. The lowest BCUT2D eigenvalue weighted by Gasteiger charge is -2.01. The quantitative estimate of drug-likeness (QED) is 0.484. The van der Waals surface area contributed by atoms with Crippen molar-refractivity contribution in [2.75, 3.05) is 13.7 Å². The third kappa shape index (κ3) is 3.73. The van der Waals surface area contributed by atoms with E-state index in [1.165, 1.54) is 0 Å². The van der Waals surface area contributed by atoms with E-state index in [0.717, 1.165) is 16.9 Å². The molecule has 2 nitrogen and oxygen atoms in total. The van der Waals surface area contributed by atoms with Crippen LogP contribution in [0, 0.1) is 0 Å². The molecule has 0 atom stereocenters. The van der Waals surface area contributed by atoms with Gasteiger partial charge in [-0.25, -0.2) is 0 Å². The van der Waals surface area contributed by atoms with Crippen LogP contribution in [-0.2, 0) is 0 Å². The largest absolute Gasteiger partial charge is 0.392 e. The van der Waals surface area contributed by atoms with Crippen molar-refractivity contribution in [1.29, 1.82) is 0 Å². The fourth-order valence-electron chi connectivity index (χ4n) is 0.621. The Hall–Kier alpha value is -0.890. The SMILES string of the molecule is C=C(C)/C(=C\C(C)=NC)CO. The second-order valence-corrected chi connectivity index (χ2v) is 2.47. The van der Waals surface area contributed by atoms with E-state index in [0.29, 0.717) is 0 Å². The number of allylic oxidation sites excluding steroid dienone is 1. The van der Waals surface area contributed by atoms with Crippen LogP contribution in [0.25, 0.3) is 0 Å². The van der Waals surface area contributed by atoms with Crippen LogP contribution in [0.4, 0.5) is 0 Å².